The Morgan fingerprint density at radius 3 is 2.67 bits per heavy atom. The normalized spacial score (nSPS) is 24.6. The zero-order chi connectivity index (χ0) is 15.7. The number of fused-ring (bicyclic) bond motifs is 1. The fraction of sp³-hybridized carbons (Fsp3) is 0.538. The number of nitrogens with one attached hydrogen (secondary N) is 1. The van der Waals surface area contributed by atoms with Crippen LogP contribution in [0.4, 0.5) is 4.79 Å². The summed E-state index contributed by atoms with van der Waals surface area (Å²) in [7, 11) is 1.60. The van der Waals surface area contributed by atoms with E-state index in [4.69, 9.17) is 0 Å². The quantitative estimate of drug-likeness (QED) is 0.762. The first-order valence-electron chi connectivity index (χ1n) is 6.50. The number of urea groups is 1. The summed E-state index contributed by atoms with van der Waals surface area (Å²) in [5, 5.41) is 2.91. The van der Waals surface area contributed by atoms with Crippen molar-refractivity contribution in [2.24, 2.45) is 4.99 Å². The van der Waals surface area contributed by atoms with Crippen LogP contribution < -0.4 is 5.32 Å². The zero-order valence-corrected chi connectivity index (χ0v) is 13.1. The zero-order valence-electron chi connectivity index (χ0n) is 12.3. The van der Waals surface area contributed by atoms with E-state index in [1.165, 1.54) is 23.6 Å². The number of amides is 3. The summed E-state index contributed by atoms with van der Waals surface area (Å²) in [5.41, 5.74) is 0.874. The molecule has 2 unspecified atom stereocenters. The fourth-order valence-electron chi connectivity index (χ4n) is 2.24. The number of aliphatic imine (C=N–C) groups is 1. The van der Waals surface area contributed by atoms with Crippen molar-refractivity contribution >= 4 is 34.7 Å². The maximum Gasteiger partial charge on any atom is 0.325 e. The summed E-state index contributed by atoms with van der Waals surface area (Å²) in [6.07, 6.45) is -0.556. The number of likely N-dealkylation sites (N-methyl/N-ethyl adjacent to an activating group) is 1. The highest BCUT2D eigenvalue weighted by molar-refractivity contribution is 8.14. The van der Waals surface area contributed by atoms with Gasteiger partial charge in [-0.05, 0) is 13.8 Å². The largest absolute Gasteiger partial charge is 0.332 e. The number of hydrogen-bond acceptors (Lipinski definition) is 6. The summed E-state index contributed by atoms with van der Waals surface area (Å²) in [6, 6.07) is -1.03. The number of Topliss-reactive ketones (excluding diaryl/α,β-unsaturated/α-hetero) is 1. The highest BCUT2D eigenvalue weighted by atomic mass is 32.2. The topological polar surface area (TPSA) is 82.1 Å². The average Bonchev–Trinajstić information content (AvgIpc) is 2.72. The second-order valence-corrected chi connectivity index (χ2v) is 6.19. The summed E-state index contributed by atoms with van der Waals surface area (Å²) in [4.78, 5) is 42.6. The number of thioether (sulfide) groups is 1. The number of carbonyl (C=O) groups is 3. The van der Waals surface area contributed by atoms with Crippen molar-refractivity contribution in [2.45, 2.75) is 26.1 Å². The Morgan fingerprint density at radius 1 is 1.43 bits per heavy atom. The summed E-state index contributed by atoms with van der Waals surface area (Å²) < 4.78 is 0. The molecule has 0 aromatic carbocycles. The van der Waals surface area contributed by atoms with E-state index in [1.54, 1.807) is 11.9 Å². The molecule has 2 atom stereocenters. The second kappa shape index (κ2) is 5.88. The van der Waals surface area contributed by atoms with Gasteiger partial charge in [0.05, 0.1) is 5.75 Å². The molecule has 0 aromatic rings. The van der Waals surface area contributed by atoms with Crippen molar-refractivity contribution in [3.05, 3.63) is 12.2 Å². The van der Waals surface area contributed by atoms with Gasteiger partial charge < -0.3 is 9.80 Å². The number of imide groups is 1. The monoisotopic (exact) mass is 310 g/mol. The summed E-state index contributed by atoms with van der Waals surface area (Å²) in [6.45, 7) is 7.68. The standard InChI is InChI=1S/C13H18N4O3S/c1-7(2)5-17-9-10(14-13(17)21-6-8(3)18)16(4)12(20)15-11(9)19/h9-10H,1,5-6H2,2-4H3,(H,15,19,20). The van der Waals surface area contributed by atoms with Crippen molar-refractivity contribution < 1.29 is 14.4 Å². The molecule has 0 spiro atoms. The van der Waals surface area contributed by atoms with Crippen molar-refractivity contribution in [1.82, 2.24) is 15.1 Å². The van der Waals surface area contributed by atoms with Gasteiger partial charge in [-0.25, -0.2) is 9.79 Å². The third-order valence-corrected chi connectivity index (χ3v) is 4.32. The van der Waals surface area contributed by atoms with Crippen LogP contribution in [0.25, 0.3) is 0 Å². The number of carbonyl (C=O) groups excluding carboxylic acids is 3. The van der Waals surface area contributed by atoms with Gasteiger partial charge in [-0.1, -0.05) is 23.9 Å². The van der Waals surface area contributed by atoms with Gasteiger partial charge in [0.1, 0.15) is 5.78 Å². The average molecular weight is 310 g/mol. The molecule has 3 amide bonds. The Hall–Kier alpha value is -1.83. The predicted molar refractivity (Wildman–Crippen MR) is 81.0 cm³/mol. The maximum atomic E-state index is 12.1. The minimum Gasteiger partial charge on any atom is -0.332 e. The van der Waals surface area contributed by atoms with Crippen LogP contribution in [-0.2, 0) is 9.59 Å². The van der Waals surface area contributed by atoms with Crippen molar-refractivity contribution in [1.29, 1.82) is 0 Å². The van der Waals surface area contributed by atoms with Crippen LogP contribution in [0.15, 0.2) is 17.1 Å². The first kappa shape index (κ1) is 15.6. The molecule has 2 heterocycles. The van der Waals surface area contributed by atoms with E-state index in [2.05, 4.69) is 16.9 Å². The summed E-state index contributed by atoms with van der Waals surface area (Å²) >= 11 is 1.28. The Balaban J connectivity index is 2.28. The van der Waals surface area contributed by atoms with Crippen LogP contribution in [0.2, 0.25) is 0 Å². The van der Waals surface area contributed by atoms with E-state index >= 15 is 0 Å². The molecular formula is C13H18N4O3S. The lowest BCUT2D eigenvalue weighted by Gasteiger charge is -2.36. The van der Waals surface area contributed by atoms with Gasteiger partial charge in [-0.3, -0.25) is 14.9 Å². The lowest BCUT2D eigenvalue weighted by Crippen LogP contribution is -2.63. The number of rotatable bonds is 4. The molecule has 7 nitrogen and oxygen atoms in total. The first-order chi connectivity index (χ1) is 9.81. The Morgan fingerprint density at radius 2 is 2.10 bits per heavy atom. The molecule has 114 valence electrons. The number of hydrogen-bond donors (Lipinski definition) is 1. The van der Waals surface area contributed by atoms with E-state index in [9.17, 15) is 14.4 Å². The van der Waals surface area contributed by atoms with E-state index in [0.29, 0.717) is 11.7 Å². The molecular weight excluding hydrogens is 292 g/mol. The van der Waals surface area contributed by atoms with E-state index < -0.39 is 18.2 Å². The Labute approximate surface area is 127 Å². The molecule has 1 fully saturated rings. The highest BCUT2D eigenvalue weighted by Gasteiger charge is 2.48. The third kappa shape index (κ3) is 3.10. The van der Waals surface area contributed by atoms with Crippen molar-refractivity contribution in [3.8, 4) is 0 Å². The Bertz CT molecular complexity index is 546. The lowest BCUT2D eigenvalue weighted by molar-refractivity contribution is -0.126. The van der Waals surface area contributed by atoms with Crippen LogP contribution in [-0.4, -0.2) is 64.2 Å². The molecule has 2 rings (SSSR count). The molecule has 0 aliphatic carbocycles. The molecule has 2 aliphatic rings. The number of nitrogens with zero attached hydrogens (tertiary/aromatic N) is 3. The smallest absolute Gasteiger partial charge is 0.325 e. The lowest BCUT2D eigenvalue weighted by atomic mass is 10.1. The molecule has 0 bridgehead atoms. The minimum absolute atomic E-state index is 0.0294. The van der Waals surface area contributed by atoms with E-state index in [-0.39, 0.29) is 17.4 Å². The van der Waals surface area contributed by atoms with Gasteiger partial charge >= 0.3 is 6.03 Å². The first-order valence-corrected chi connectivity index (χ1v) is 7.48. The molecule has 21 heavy (non-hydrogen) atoms. The highest BCUT2D eigenvalue weighted by Crippen LogP contribution is 2.28. The number of ketones is 1. The molecule has 2 aliphatic heterocycles. The van der Waals surface area contributed by atoms with Crippen LogP contribution in [0, 0.1) is 0 Å². The number of amidine groups is 1. The minimum atomic E-state index is -0.571. The SMILES string of the molecule is C=C(C)CN1C(SCC(C)=O)=NC2C1C(=O)NC(=O)N2C. The maximum absolute atomic E-state index is 12.1. The van der Waals surface area contributed by atoms with Crippen molar-refractivity contribution in [3.63, 3.8) is 0 Å². The molecule has 1 saturated heterocycles. The molecule has 1 N–H and O–H groups in total. The molecule has 0 saturated carbocycles. The van der Waals surface area contributed by atoms with E-state index in [1.807, 2.05) is 6.92 Å². The van der Waals surface area contributed by atoms with Crippen LogP contribution in [0.3, 0.4) is 0 Å². The van der Waals surface area contributed by atoms with Gasteiger partial charge in [0.2, 0.25) is 0 Å². The fourth-order valence-corrected chi connectivity index (χ4v) is 3.10. The van der Waals surface area contributed by atoms with Gasteiger partial charge in [0.15, 0.2) is 17.4 Å². The summed E-state index contributed by atoms with van der Waals surface area (Å²) in [5.74, 6) is -0.0576. The Kier molecular flexibility index (Phi) is 4.36. The van der Waals surface area contributed by atoms with Gasteiger partial charge in [0, 0.05) is 13.6 Å². The van der Waals surface area contributed by atoms with Gasteiger partial charge in [-0.15, -0.1) is 0 Å². The van der Waals surface area contributed by atoms with Crippen molar-refractivity contribution in [2.75, 3.05) is 19.3 Å². The van der Waals surface area contributed by atoms with Crippen LogP contribution in [0.5, 0.6) is 0 Å². The van der Waals surface area contributed by atoms with Crippen LogP contribution >= 0.6 is 11.8 Å². The molecule has 0 radical (unpaired) electrons. The third-order valence-electron chi connectivity index (χ3n) is 3.17. The molecule has 8 heteroatoms. The van der Waals surface area contributed by atoms with Gasteiger partial charge in [-0.2, -0.15) is 0 Å². The predicted octanol–water partition coefficient (Wildman–Crippen LogP) is 0.433. The van der Waals surface area contributed by atoms with Gasteiger partial charge in [0.25, 0.3) is 5.91 Å². The van der Waals surface area contributed by atoms with E-state index in [0.717, 1.165) is 5.57 Å². The van der Waals surface area contributed by atoms with Crippen LogP contribution in [0.1, 0.15) is 13.8 Å². The molecule has 0 aromatic heterocycles. The second-order valence-electron chi connectivity index (χ2n) is 5.25.